The number of nitrogens with one attached hydrogen (secondary N) is 1. The molecule has 1 saturated heterocycles. The average Bonchev–Trinajstić information content (AvgIpc) is 3.00. The van der Waals surface area contributed by atoms with Crippen molar-refractivity contribution in [3.05, 3.63) is 108 Å². The largest absolute Gasteiger partial charge is 0.404 e. The number of ether oxygens (including phenoxy) is 3. The number of rotatable bonds is 15. The number of thiocarbonyl (C=S) groups is 1. The topological polar surface area (TPSA) is 49.0 Å². The SMILES string of the molecule is CC(C)[Si](O[C@H]1C(=S)N[C@H](COCc2ccccc2)[C@@H](OCc2ccccc2)[C@@H]1OCc1ccccc1)(C(C)C)C(C)C. The molecule has 0 unspecified atom stereocenters. The molecule has 0 aromatic heterocycles. The Balaban J connectivity index is 1.66. The number of hydrogen-bond acceptors (Lipinski definition) is 5. The Morgan fingerprint density at radius 1 is 0.628 bits per heavy atom. The Morgan fingerprint density at radius 2 is 1.05 bits per heavy atom. The van der Waals surface area contributed by atoms with Crippen LogP contribution in [0.1, 0.15) is 58.2 Å². The van der Waals surface area contributed by atoms with E-state index in [1.807, 2.05) is 54.6 Å². The zero-order valence-electron chi connectivity index (χ0n) is 26.6. The first-order valence-corrected chi connectivity index (χ1v) is 18.2. The molecule has 5 nitrogen and oxygen atoms in total. The van der Waals surface area contributed by atoms with Crippen LogP contribution < -0.4 is 5.32 Å². The quantitative estimate of drug-likeness (QED) is 0.137. The summed E-state index contributed by atoms with van der Waals surface area (Å²) in [5.74, 6) is 0. The van der Waals surface area contributed by atoms with Gasteiger partial charge >= 0.3 is 0 Å². The summed E-state index contributed by atoms with van der Waals surface area (Å²) >= 11 is 6.11. The lowest BCUT2D eigenvalue weighted by Crippen LogP contribution is -2.68. The van der Waals surface area contributed by atoms with E-state index in [1.54, 1.807) is 0 Å². The van der Waals surface area contributed by atoms with Gasteiger partial charge in [-0.15, -0.1) is 0 Å². The summed E-state index contributed by atoms with van der Waals surface area (Å²) in [6.45, 7) is 15.6. The molecule has 0 aliphatic carbocycles. The van der Waals surface area contributed by atoms with E-state index in [0.717, 1.165) is 16.7 Å². The molecule has 43 heavy (non-hydrogen) atoms. The Morgan fingerprint density at radius 3 is 1.49 bits per heavy atom. The van der Waals surface area contributed by atoms with E-state index in [0.29, 0.717) is 48.0 Å². The second-order valence-electron chi connectivity index (χ2n) is 12.5. The van der Waals surface area contributed by atoms with Gasteiger partial charge in [0.2, 0.25) is 8.32 Å². The molecular weight excluding hydrogens is 571 g/mol. The van der Waals surface area contributed by atoms with Crippen LogP contribution in [0.25, 0.3) is 0 Å². The van der Waals surface area contributed by atoms with Crippen molar-refractivity contribution >= 4 is 25.5 Å². The Kier molecular flexibility index (Phi) is 12.5. The van der Waals surface area contributed by atoms with Gasteiger partial charge < -0.3 is 24.0 Å². The van der Waals surface area contributed by atoms with Gasteiger partial charge in [0.05, 0.1) is 32.5 Å². The van der Waals surface area contributed by atoms with Crippen LogP contribution in [-0.2, 0) is 38.5 Å². The van der Waals surface area contributed by atoms with Crippen molar-refractivity contribution in [1.82, 2.24) is 5.32 Å². The van der Waals surface area contributed by atoms with Crippen molar-refractivity contribution < 1.29 is 18.6 Å². The Bertz CT molecular complexity index is 1220. The molecular formula is C36H49NO4SSi. The summed E-state index contributed by atoms with van der Waals surface area (Å²) in [7, 11) is -2.31. The highest BCUT2D eigenvalue weighted by molar-refractivity contribution is 7.80. The molecule has 4 atom stereocenters. The molecule has 232 valence electrons. The van der Waals surface area contributed by atoms with E-state index >= 15 is 0 Å². The lowest BCUT2D eigenvalue weighted by atomic mass is 9.95. The fourth-order valence-corrected chi connectivity index (χ4v) is 12.5. The maximum atomic E-state index is 7.37. The van der Waals surface area contributed by atoms with Crippen molar-refractivity contribution in [1.29, 1.82) is 0 Å². The minimum atomic E-state index is -2.31. The lowest BCUT2D eigenvalue weighted by Gasteiger charge is -2.50. The van der Waals surface area contributed by atoms with Crippen LogP contribution in [0.4, 0.5) is 0 Å². The second kappa shape index (κ2) is 16.1. The smallest absolute Gasteiger partial charge is 0.201 e. The van der Waals surface area contributed by atoms with Gasteiger partial charge in [0.1, 0.15) is 23.3 Å². The minimum Gasteiger partial charge on any atom is -0.404 e. The van der Waals surface area contributed by atoms with Gasteiger partial charge in [0.25, 0.3) is 0 Å². The van der Waals surface area contributed by atoms with Crippen LogP contribution in [0.15, 0.2) is 91.0 Å². The van der Waals surface area contributed by atoms with Crippen LogP contribution >= 0.6 is 12.2 Å². The van der Waals surface area contributed by atoms with E-state index in [9.17, 15) is 0 Å². The lowest BCUT2D eigenvalue weighted by molar-refractivity contribution is -0.140. The summed E-state index contributed by atoms with van der Waals surface area (Å²) in [4.78, 5) is 0.671. The highest BCUT2D eigenvalue weighted by Gasteiger charge is 2.52. The number of piperidine rings is 1. The van der Waals surface area contributed by atoms with Gasteiger partial charge in [0, 0.05) is 0 Å². The maximum Gasteiger partial charge on any atom is 0.201 e. The molecule has 1 aliphatic heterocycles. The molecule has 0 radical (unpaired) electrons. The second-order valence-corrected chi connectivity index (χ2v) is 18.3. The summed E-state index contributed by atoms with van der Waals surface area (Å²) in [6.07, 6.45) is -1.19. The van der Waals surface area contributed by atoms with Gasteiger partial charge in [-0.2, -0.15) is 0 Å². The molecule has 3 aromatic rings. The minimum absolute atomic E-state index is 0.200. The predicted octanol–water partition coefficient (Wildman–Crippen LogP) is 8.23. The summed E-state index contributed by atoms with van der Waals surface area (Å²) < 4.78 is 27.2. The molecule has 1 N–H and O–H groups in total. The van der Waals surface area contributed by atoms with Crippen LogP contribution in [-0.4, -0.2) is 44.3 Å². The zero-order valence-corrected chi connectivity index (χ0v) is 28.4. The molecule has 0 bridgehead atoms. The molecule has 1 aliphatic rings. The Labute approximate surface area is 265 Å². The molecule has 1 heterocycles. The van der Waals surface area contributed by atoms with Gasteiger partial charge in [-0.05, 0) is 33.3 Å². The van der Waals surface area contributed by atoms with Gasteiger partial charge in [-0.1, -0.05) is 145 Å². The van der Waals surface area contributed by atoms with Gasteiger partial charge in [-0.3, -0.25) is 0 Å². The third-order valence-electron chi connectivity index (χ3n) is 8.62. The summed E-state index contributed by atoms with van der Waals surface area (Å²) in [6, 6.07) is 30.6. The van der Waals surface area contributed by atoms with E-state index in [2.05, 4.69) is 83.3 Å². The van der Waals surface area contributed by atoms with Crippen molar-refractivity contribution in [2.75, 3.05) is 6.61 Å². The van der Waals surface area contributed by atoms with Crippen molar-refractivity contribution in [2.45, 2.75) is 102 Å². The van der Waals surface area contributed by atoms with Gasteiger partial charge in [-0.25, -0.2) is 0 Å². The first-order valence-electron chi connectivity index (χ1n) is 15.6. The van der Waals surface area contributed by atoms with Gasteiger partial charge in [0.15, 0.2) is 0 Å². The third-order valence-corrected chi connectivity index (χ3v) is 15.0. The van der Waals surface area contributed by atoms with Crippen LogP contribution in [0.5, 0.6) is 0 Å². The third kappa shape index (κ3) is 8.62. The molecule has 7 heteroatoms. The fraction of sp³-hybridized carbons (Fsp3) is 0.472. The van der Waals surface area contributed by atoms with E-state index in [1.165, 1.54) is 0 Å². The number of benzene rings is 3. The molecule has 4 rings (SSSR count). The van der Waals surface area contributed by atoms with Crippen LogP contribution in [0, 0.1) is 0 Å². The predicted molar refractivity (Wildman–Crippen MR) is 182 cm³/mol. The van der Waals surface area contributed by atoms with Crippen molar-refractivity contribution in [3.8, 4) is 0 Å². The van der Waals surface area contributed by atoms with E-state index in [-0.39, 0.29) is 12.1 Å². The standard InChI is InChI=1S/C36H49NO4SSi/c1-26(2)43(27(3)4,28(5)6)41-35-34(40-24-31-20-14-9-15-21-31)33(39-23-30-18-12-8-13-19-30)32(37-36(35)42)25-38-22-29-16-10-7-11-17-29/h7-21,26-28,32-35H,22-25H2,1-6H3,(H,37,42)/t32-,33-,34+,35-/m1/s1. The van der Waals surface area contributed by atoms with Crippen LogP contribution in [0.2, 0.25) is 16.6 Å². The molecule has 1 fully saturated rings. The van der Waals surface area contributed by atoms with E-state index in [4.69, 9.17) is 30.9 Å². The van der Waals surface area contributed by atoms with Crippen LogP contribution in [0.3, 0.4) is 0 Å². The highest BCUT2D eigenvalue weighted by atomic mass is 32.1. The molecule has 3 aromatic carbocycles. The number of hydrogen-bond donors (Lipinski definition) is 1. The van der Waals surface area contributed by atoms with Crippen molar-refractivity contribution in [3.63, 3.8) is 0 Å². The van der Waals surface area contributed by atoms with E-state index < -0.39 is 20.5 Å². The highest BCUT2D eigenvalue weighted by Crippen LogP contribution is 2.44. The zero-order chi connectivity index (χ0) is 30.8. The summed E-state index contributed by atoms with van der Waals surface area (Å²) in [5, 5.41) is 3.61. The molecule has 0 spiro atoms. The molecule has 0 saturated carbocycles. The normalized spacial score (nSPS) is 21.0. The fourth-order valence-electron chi connectivity index (χ4n) is 6.59. The van der Waals surface area contributed by atoms with Crippen molar-refractivity contribution in [2.24, 2.45) is 0 Å². The first kappa shape index (κ1) is 33.5. The monoisotopic (exact) mass is 619 g/mol. The first-order chi connectivity index (χ1) is 20.7. The summed E-state index contributed by atoms with van der Waals surface area (Å²) in [5.41, 5.74) is 4.54. The molecule has 0 amide bonds. The Hall–Kier alpha value is -2.39. The maximum absolute atomic E-state index is 7.37. The average molecular weight is 620 g/mol.